The molecule has 59 valence electrons. The molecule has 0 nitrogen and oxygen atoms in total. The topological polar surface area (TPSA) is 0 Å². The molecule has 0 spiro atoms. The lowest BCUT2D eigenvalue weighted by Gasteiger charge is -2.19. The first-order valence-electron chi connectivity index (χ1n) is 3.39. The maximum atomic E-state index is 12.6. The van der Waals surface area contributed by atoms with E-state index in [1.165, 1.54) is 0 Å². The Bertz CT molecular complexity index is 120. The molecule has 1 saturated carbocycles. The summed E-state index contributed by atoms with van der Waals surface area (Å²) in [5.41, 5.74) is 0. The highest BCUT2D eigenvalue weighted by molar-refractivity contribution is 4.89. The Balaban J connectivity index is 2.59. The summed E-state index contributed by atoms with van der Waals surface area (Å²) in [5, 5.41) is 0. The van der Waals surface area contributed by atoms with Gasteiger partial charge in [0.05, 0.1) is 5.92 Å². The Morgan fingerprint density at radius 3 is 2.30 bits per heavy atom. The molecule has 1 fully saturated rings. The van der Waals surface area contributed by atoms with E-state index in [1.807, 2.05) is 0 Å². The van der Waals surface area contributed by atoms with Crippen molar-refractivity contribution in [3.8, 4) is 0 Å². The summed E-state index contributed by atoms with van der Waals surface area (Å²) in [6.07, 6.45) is -1.09. The van der Waals surface area contributed by atoms with Crippen LogP contribution in [0.25, 0.3) is 0 Å². The van der Waals surface area contributed by atoms with Gasteiger partial charge in [-0.25, -0.2) is 13.2 Å². The molecule has 0 heterocycles. The van der Waals surface area contributed by atoms with Gasteiger partial charge in [0.2, 0.25) is 0 Å². The van der Waals surface area contributed by atoms with E-state index in [-0.39, 0.29) is 12.8 Å². The predicted molar refractivity (Wildman–Crippen MR) is 32.5 cm³/mol. The Kier molecular flexibility index (Phi) is 1.92. The van der Waals surface area contributed by atoms with Crippen LogP contribution in [-0.2, 0) is 0 Å². The van der Waals surface area contributed by atoms with Gasteiger partial charge in [-0.3, -0.25) is 0 Å². The minimum Gasteiger partial charge on any atom is -0.247 e. The molecule has 0 aliphatic heterocycles. The highest BCUT2D eigenvalue weighted by atomic mass is 19.3. The third-order valence-corrected chi connectivity index (χ3v) is 2.00. The predicted octanol–water partition coefficient (Wildman–Crippen LogP) is 2.59. The highest BCUT2D eigenvalue weighted by Gasteiger charge is 2.46. The monoisotopic (exact) mass is 151 g/mol. The summed E-state index contributed by atoms with van der Waals surface area (Å²) in [4.78, 5) is 0. The van der Waals surface area contributed by atoms with E-state index in [0.717, 1.165) is 0 Å². The third kappa shape index (κ3) is 1.27. The van der Waals surface area contributed by atoms with Crippen LogP contribution in [-0.4, -0.2) is 12.1 Å². The van der Waals surface area contributed by atoms with Crippen LogP contribution in [0.4, 0.5) is 13.2 Å². The van der Waals surface area contributed by atoms with E-state index in [9.17, 15) is 13.2 Å². The smallest absolute Gasteiger partial charge is 0.247 e. The lowest BCUT2D eigenvalue weighted by atomic mass is 10.0. The molecule has 0 N–H and O–H groups in total. The first kappa shape index (κ1) is 7.89. The van der Waals surface area contributed by atoms with Crippen molar-refractivity contribution in [2.45, 2.75) is 31.4 Å². The standard InChI is InChI=1S/C7H10F3/c1-5(8)6-3-2-4-7(6,9)10/h5-6H,1-4H2. The van der Waals surface area contributed by atoms with Crippen LogP contribution >= 0.6 is 0 Å². The zero-order chi connectivity index (χ0) is 7.78. The lowest BCUT2D eigenvalue weighted by molar-refractivity contribution is -0.0561. The van der Waals surface area contributed by atoms with Crippen LogP contribution in [0.2, 0.25) is 0 Å². The van der Waals surface area contributed by atoms with Crippen molar-refractivity contribution >= 4 is 0 Å². The van der Waals surface area contributed by atoms with Crippen LogP contribution in [0.15, 0.2) is 0 Å². The van der Waals surface area contributed by atoms with E-state index in [0.29, 0.717) is 6.42 Å². The van der Waals surface area contributed by atoms with Gasteiger partial charge in [-0.2, -0.15) is 0 Å². The molecule has 2 unspecified atom stereocenters. The van der Waals surface area contributed by atoms with E-state index in [1.54, 1.807) is 0 Å². The number of halogens is 3. The first-order valence-corrected chi connectivity index (χ1v) is 3.39. The summed E-state index contributed by atoms with van der Waals surface area (Å²) in [6.45, 7) is 2.97. The quantitative estimate of drug-likeness (QED) is 0.540. The number of hydrogen-bond donors (Lipinski definition) is 0. The lowest BCUT2D eigenvalue weighted by Crippen LogP contribution is -2.28. The second-order valence-electron chi connectivity index (χ2n) is 2.78. The largest absolute Gasteiger partial charge is 0.253 e. The van der Waals surface area contributed by atoms with Gasteiger partial charge in [0, 0.05) is 6.42 Å². The Morgan fingerprint density at radius 2 is 2.10 bits per heavy atom. The SMILES string of the molecule is [CH2]C(F)C1CCCC1(F)F. The molecule has 1 radical (unpaired) electrons. The summed E-state index contributed by atoms with van der Waals surface area (Å²) in [6, 6.07) is 0. The molecule has 10 heavy (non-hydrogen) atoms. The molecule has 0 aromatic rings. The second-order valence-corrected chi connectivity index (χ2v) is 2.78. The van der Waals surface area contributed by atoms with Crippen LogP contribution < -0.4 is 0 Å². The van der Waals surface area contributed by atoms with E-state index in [4.69, 9.17) is 0 Å². The van der Waals surface area contributed by atoms with Crippen molar-refractivity contribution in [3.63, 3.8) is 0 Å². The Labute approximate surface area is 58.4 Å². The summed E-state index contributed by atoms with van der Waals surface area (Å²) in [5.74, 6) is -3.94. The molecule has 0 saturated heterocycles. The minimum atomic E-state index is -2.80. The molecule has 2 atom stereocenters. The summed E-state index contributed by atoms with van der Waals surface area (Å²) < 4.78 is 37.5. The van der Waals surface area contributed by atoms with Gasteiger partial charge < -0.3 is 0 Å². The zero-order valence-corrected chi connectivity index (χ0v) is 5.62. The van der Waals surface area contributed by atoms with Crippen LogP contribution in [0.1, 0.15) is 19.3 Å². The van der Waals surface area contributed by atoms with Crippen molar-refractivity contribution in [2.24, 2.45) is 5.92 Å². The maximum Gasteiger partial charge on any atom is 0.253 e. The van der Waals surface area contributed by atoms with Crippen molar-refractivity contribution < 1.29 is 13.2 Å². The maximum absolute atomic E-state index is 12.6. The van der Waals surface area contributed by atoms with E-state index >= 15 is 0 Å². The molecule has 0 bridgehead atoms. The Hall–Kier alpha value is -0.210. The first-order chi connectivity index (χ1) is 4.54. The average molecular weight is 151 g/mol. The number of hydrogen-bond acceptors (Lipinski definition) is 0. The fourth-order valence-corrected chi connectivity index (χ4v) is 1.40. The van der Waals surface area contributed by atoms with Crippen LogP contribution in [0.5, 0.6) is 0 Å². The minimum absolute atomic E-state index is 0.173. The van der Waals surface area contributed by atoms with Gasteiger partial charge in [0.15, 0.2) is 0 Å². The van der Waals surface area contributed by atoms with E-state index < -0.39 is 18.0 Å². The van der Waals surface area contributed by atoms with Crippen molar-refractivity contribution in [2.75, 3.05) is 0 Å². The van der Waals surface area contributed by atoms with Gasteiger partial charge in [-0.1, -0.05) is 0 Å². The summed E-state index contributed by atoms with van der Waals surface area (Å²) >= 11 is 0. The molecule has 0 aromatic heterocycles. The molecule has 1 aliphatic rings. The van der Waals surface area contributed by atoms with Gasteiger partial charge in [0.1, 0.15) is 6.17 Å². The van der Waals surface area contributed by atoms with Gasteiger partial charge in [-0.15, -0.1) is 0 Å². The molecule has 0 aromatic carbocycles. The second kappa shape index (κ2) is 2.44. The molecule has 1 rings (SSSR count). The average Bonchev–Trinajstić information content (AvgIpc) is 2.08. The normalized spacial score (nSPS) is 34.2. The third-order valence-electron chi connectivity index (χ3n) is 2.00. The fraction of sp³-hybridized carbons (Fsp3) is 0.857. The molecule has 1 aliphatic carbocycles. The van der Waals surface area contributed by atoms with E-state index in [2.05, 4.69) is 6.92 Å². The molecular formula is C7H10F3. The Morgan fingerprint density at radius 1 is 1.50 bits per heavy atom. The van der Waals surface area contributed by atoms with Crippen molar-refractivity contribution in [1.29, 1.82) is 0 Å². The van der Waals surface area contributed by atoms with Crippen molar-refractivity contribution in [1.82, 2.24) is 0 Å². The zero-order valence-electron chi connectivity index (χ0n) is 5.62. The molecular weight excluding hydrogens is 141 g/mol. The van der Waals surface area contributed by atoms with Gasteiger partial charge in [-0.05, 0) is 19.8 Å². The van der Waals surface area contributed by atoms with Crippen LogP contribution in [0, 0.1) is 12.8 Å². The molecule has 3 heteroatoms. The highest BCUT2D eigenvalue weighted by Crippen LogP contribution is 2.42. The number of alkyl halides is 3. The fourth-order valence-electron chi connectivity index (χ4n) is 1.40. The van der Waals surface area contributed by atoms with Gasteiger partial charge >= 0.3 is 0 Å². The number of rotatable bonds is 1. The van der Waals surface area contributed by atoms with Crippen molar-refractivity contribution in [3.05, 3.63) is 6.92 Å². The van der Waals surface area contributed by atoms with Crippen LogP contribution in [0.3, 0.4) is 0 Å². The summed E-state index contributed by atoms with van der Waals surface area (Å²) in [7, 11) is 0. The van der Waals surface area contributed by atoms with Gasteiger partial charge in [0.25, 0.3) is 5.92 Å². The molecule has 0 amide bonds.